The Morgan fingerprint density at radius 3 is 2.53 bits per heavy atom. The second-order valence-electron chi connectivity index (χ2n) is 3.57. The maximum absolute atomic E-state index is 10.8. The molecule has 0 aliphatic rings. The SMILES string of the molecule is CCCC(CCCOCCOC)C(=O)O. The van der Waals surface area contributed by atoms with Crippen LogP contribution in [0.25, 0.3) is 0 Å². The third-order valence-electron chi connectivity index (χ3n) is 2.26. The smallest absolute Gasteiger partial charge is 0.306 e. The van der Waals surface area contributed by atoms with Crippen molar-refractivity contribution in [2.75, 3.05) is 26.9 Å². The zero-order valence-corrected chi connectivity index (χ0v) is 9.70. The van der Waals surface area contributed by atoms with Crippen molar-refractivity contribution in [1.82, 2.24) is 0 Å². The topological polar surface area (TPSA) is 55.8 Å². The second-order valence-corrected chi connectivity index (χ2v) is 3.57. The standard InChI is InChI=1S/C11H22O4/c1-3-5-10(11(12)13)6-4-7-15-9-8-14-2/h10H,3-9H2,1-2H3,(H,12,13). The summed E-state index contributed by atoms with van der Waals surface area (Å²) in [7, 11) is 1.63. The zero-order chi connectivity index (χ0) is 11.5. The van der Waals surface area contributed by atoms with Crippen molar-refractivity contribution in [1.29, 1.82) is 0 Å². The highest BCUT2D eigenvalue weighted by atomic mass is 16.5. The Morgan fingerprint density at radius 2 is 2.00 bits per heavy atom. The average Bonchev–Trinajstić information content (AvgIpc) is 2.21. The van der Waals surface area contributed by atoms with E-state index in [1.165, 1.54) is 0 Å². The molecule has 0 aromatic heterocycles. The van der Waals surface area contributed by atoms with E-state index in [4.69, 9.17) is 14.6 Å². The molecule has 1 N–H and O–H groups in total. The number of hydrogen-bond donors (Lipinski definition) is 1. The van der Waals surface area contributed by atoms with Gasteiger partial charge in [0.05, 0.1) is 19.1 Å². The molecule has 0 heterocycles. The normalized spacial score (nSPS) is 12.7. The monoisotopic (exact) mass is 218 g/mol. The van der Waals surface area contributed by atoms with Gasteiger partial charge in [0, 0.05) is 13.7 Å². The maximum atomic E-state index is 10.8. The average molecular weight is 218 g/mol. The van der Waals surface area contributed by atoms with E-state index in [-0.39, 0.29) is 5.92 Å². The predicted molar refractivity (Wildman–Crippen MR) is 58.0 cm³/mol. The van der Waals surface area contributed by atoms with E-state index in [1.54, 1.807) is 7.11 Å². The lowest BCUT2D eigenvalue weighted by atomic mass is 9.98. The molecule has 0 fully saturated rings. The van der Waals surface area contributed by atoms with Crippen molar-refractivity contribution in [2.24, 2.45) is 5.92 Å². The van der Waals surface area contributed by atoms with Crippen LogP contribution in [0.1, 0.15) is 32.6 Å². The molecular weight excluding hydrogens is 196 g/mol. The van der Waals surface area contributed by atoms with E-state index >= 15 is 0 Å². The summed E-state index contributed by atoms with van der Waals surface area (Å²) in [6, 6.07) is 0. The Labute approximate surface area is 91.6 Å². The Hall–Kier alpha value is -0.610. The Bertz CT molecular complexity index is 159. The number of aliphatic carboxylic acids is 1. The van der Waals surface area contributed by atoms with Crippen LogP contribution in [0.4, 0.5) is 0 Å². The third kappa shape index (κ3) is 8.39. The molecule has 1 atom stereocenters. The van der Waals surface area contributed by atoms with E-state index < -0.39 is 5.97 Å². The van der Waals surface area contributed by atoms with Crippen LogP contribution in [0.2, 0.25) is 0 Å². The first-order valence-electron chi connectivity index (χ1n) is 5.51. The van der Waals surface area contributed by atoms with Gasteiger partial charge in [0.15, 0.2) is 0 Å². The van der Waals surface area contributed by atoms with Crippen LogP contribution >= 0.6 is 0 Å². The first kappa shape index (κ1) is 14.4. The summed E-state index contributed by atoms with van der Waals surface area (Å²) >= 11 is 0. The highest BCUT2D eigenvalue weighted by Gasteiger charge is 2.15. The molecule has 0 aliphatic carbocycles. The highest BCUT2D eigenvalue weighted by Crippen LogP contribution is 2.13. The van der Waals surface area contributed by atoms with Gasteiger partial charge < -0.3 is 14.6 Å². The number of carboxylic acids is 1. The lowest BCUT2D eigenvalue weighted by molar-refractivity contribution is -0.142. The van der Waals surface area contributed by atoms with Crippen LogP contribution in [0.5, 0.6) is 0 Å². The van der Waals surface area contributed by atoms with Gasteiger partial charge in [-0.3, -0.25) is 4.79 Å². The fourth-order valence-corrected chi connectivity index (χ4v) is 1.42. The van der Waals surface area contributed by atoms with E-state index in [0.29, 0.717) is 26.2 Å². The molecule has 0 rings (SSSR count). The van der Waals surface area contributed by atoms with Crippen molar-refractivity contribution in [3.63, 3.8) is 0 Å². The molecule has 0 aliphatic heterocycles. The van der Waals surface area contributed by atoms with Gasteiger partial charge in [-0.1, -0.05) is 13.3 Å². The van der Waals surface area contributed by atoms with Crippen LogP contribution in [0.3, 0.4) is 0 Å². The van der Waals surface area contributed by atoms with E-state index in [1.807, 2.05) is 6.92 Å². The van der Waals surface area contributed by atoms with Crippen LogP contribution in [0, 0.1) is 5.92 Å². The highest BCUT2D eigenvalue weighted by molar-refractivity contribution is 5.69. The molecule has 0 aromatic carbocycles. The minimum absolute atomic E-state index is 0.207. The molecule has 0 bridgehead atoms. The van der Waals surface area contributed by atoms with Crippen molar-refractivity contribution in [2.45, 2.75) is 32.6 Å². The summed E-state index contributed by atoms with van der Waals surface area (Å²) in [5.41, 5.74) is 0. The van der Waals surface area contributed by atoms with Gasteiger partial charge in [-0.25, -0.2) is 0 Å². The van der Waals surface area contributed by atoms with Gasteiger partial charge in [-0.15, -0.1) is 0 Å². The largest absolute Gasteiger partial charge is 0.481 e. The molecule has 0 spiro atoms. The quantitative estimate of drug-likeness (QED) is 0.569. The number of carboxylic acid groups (broad SMARTS) is 1. The molecule has 0 radical (unpaired) electrons. The Balaban J connectivity index is 3.41. The van der Waals surface area contributed by atoms with E-state index in [0.717, 1.165) is 19.3 Å². The number of rotatable bonds is 10. The van der Waals surface area contributed by atoms with Crippen LogP contribution < -0.4 is 0 Å². The summed E-state index contributed by atoms with van der Waals surface area (Å²) in [4.78, 5) is 10.8. The number of methoxy groups -OCH3 is 1. The van der Waals surface area contributed by atoms with Gasteiger partial charge in [0.2, 0.25) is 0 Å². The summed E-state index contributed by atoms with van der Waals surface area (Å²) in [5.74, 6) is -0.894. The Morgan fingerprint density at radius 1 is 1.27 bits per heavy atom. The molecule has 0 saturated heterocycles. The van der Waals surface area contributed by atoms with Crippen molar-refractivity contribution in [3.8, 4) is 0 Å². The first-order chi connectivity index (χ1) is 7.22. The fourth-order valence-electron chi connectivity index (χ4n) is 1.42. The van der Waals surface area contributed by atoms with Crippen LogP contribution in [-0.4, -0.2) is 38.0 Å². The Kier molecular flexibility index (Phi) is 9.52. The number of hydrogen-bond acceptors (Lipinski definition) is 3. The van der Waals surface area contributed by atoms with Crippen molar-refractivity contribution < 1.29 is 19.4 Å². The molecule has 0 amide bonds. The predicted octanol–water partition coefficient (Wildman–Crippen LogP) is 1.93. The molecule has 1 unspecified atom stereocenters. The van der Waals surface area contributed by atoms with Gasteiger partial charge in [0.25, 0.3) is 0 Å². The van der Waals surface area contributed by atoms with Crippen LogP contribution in [-0.2, 0) is 14.3 Å². The minimum atomic E-state index is -0.686. The summed E-state index contributed by atoms with van der Waals surface area (Å²) in [6.07, 6.45) is 3.19. The minimum Gasteiger partial charge on any atom is -0.481 e. The first-order valence-corrected chi connectivity index (χ1v) is 5.51. The number of ether oxygens (including phenoxy) is 2. The second kappa shape index (κ2) is 9.93. The molecule has 15 heavy (non-hydrogen) atoms. The van der Waals surface area contributed by atoms with Gasteiger partial charge in [-0.05, 0) is 19.3 Å². The van der Waals surface area contributed by atoms with E-state index in [2.05, 4.69) is 0 Å². The molecule has 90 valence electrons. The molecule has 0 aromatic rings. The maximum Gasteiger partial charge on any atom is 0.306 e. The van der Waals surface area contributed by atoms with Gasteiger partial charge in [-0.2, -0.15) is 0 Å². The molecule has 4 nitrogen and oxygen atoms in total. The van der Waals surface area contributed by atoms with Crippen molar-refractivity contribution >= 4 is 5.97 Å². The fraction of sp³-hybridized carbons (Fsp3) is 0.909. The van der Waals surface area contributed by atoms with Crippen LogP contribution in [0.15, 0.2) is 0 Å². The lowest BCUT2D eigenvalue weighted by Gasteiger charge is -2.10. The lowest BCUT2D eigenvalue weighted by Crippen LogP contribution is -2.14. The van der Waals surface area contributed by atoms with Crippen molar-refractivity contribution in [3.05, 3.63) is 0 Å². The van der Waals surface area contributed by atoms with Gasteiger partial charge in [0.1, 0.15) is 0 Å². The zero-order valence-electron chi connectivity index (χ0n) is 9.70. The molecule has 0 saturated carbocycles. The third-order valence-corrected chi connectivity index (χ3v) is 2.26. The van der Waals surface area contributed by atoms with Gasteiger partial charge >= 0.3 is 5.97 Å². The summed E-state index contributed by atoms with van der Waals surface area (Å²) in [5, 5.41) is 8.88. The summed E-state index contributed by atoms with van der Waals surface area (Å²) < 4.78 is 10.1. The molecule has 4 heteroatoms. The summed E-state index contributed by atoms with van der Waals surface area (Å²) in [6.45, 7) is 3.81. The van der Waals surface area contributed by atoms with E-state index in [9.17, 15) is 4.79 Å². The molecular formula is C11H22O4. The number of carbonyl (C=O) groups is 1.